The molecule has 0 aromatic heterocycles. The molecule has 0 spiro atoms. The molecule has 0 unspecified atom stereocenters. The molecular formula is C12H15NO3. The number of ether oxygens (including phenoxy) is 1. The van der Waals surface area contributed by atoms with Crippen LogP contribution in [0.5, 0.6) is 5.75 Å². The molecule has 16 heavy (non-hydrogen) atoms. The summed E-state index contributed by atoms with van der Waals surface area (Å²) in [5, 5.41) is 10.8. The predicted molar refractivity (Wildman–Crippen MR) is 61.9 cm³/mol. The summed E-state index contributed by atoms with van der Waals surface area (Å²) in [6, 6.07) is 7.56. The zero-order valence-corrected chi connectivity index (χ0v) is 8.98. The largest absolute Gasteiger partial charge is 0.489 e. The molecule has 86 valence electrons. The maximum absolute atomic E-state index is 10.3. The third kappa shape index (κ3) is 4.04. The summed E-state index contributed by atoms with van der Waals surface area (Å²) in [6.45, 7) is 4.40. The van der Waals surface area contributed by atoms with Gasteiger partial charge in [0.15, 0.2) is 0 Å². The number of para-hydroxylation sites is 1. The van der Waals surface area contributed by atoms with E-state index in [1.165, 1.54) is 0 Å². The van der Waals surface area contributed by atoms with Crippen molar-refractivity contribution >= 4 is 6.09 Å². The fourth-order valence-electron chi connectivity index (χ4n) is 1.30. The van der Waals surface area contributed by atoms with E-state index >= 15 is 0 Å². The van der Waals surface area contributed by atoms with Crippen molar-refractivity contribution in [1.29, 1.82) is 0 Å². The lowest BCUT2D eigenvalue weighted by Gasteiger charge is -2.09. The van der Waals surface area contributed by atoms with Crippen molar-refractivity contribution in [2.75, 3.05) is 13.2 Å². The van der Waals surface area contributed by atoms with Crippen LogP contribution in [-0.4, -0.2) is 24.4 Å². The van der Waals surface area contributed by atoms with E-state index in [1.807, 2.05) is 24.3 Å². The summed E-state index contributed by atoms with van der Waals surface area (Å²) in [5.41, 5.74) is 0.984. The highest BCUT2D eigenvalue weighted by molar-refractivity contribution is 5.64. The fraction of sp³-hybridized carbons (Fsp3) is 0.250. The molecule has 4 heteroatoms. The summed E-state index contributed by atoms with van der Waals surface area (Å²) < 4.78 is 5.45. The third-order valence-corrected chi connectivity index (χ3v) is 2.00. The van der Waals surface area contributed by atoms with E-state index in [4.69, 9.17) is 9.84 Å². The van der Waals surface area contributed by atoms with Gasteiger partial charge in [-0.3, -0.25) is 0 Å². The summed E-state index contributed by atoms with van der Waals surface area (Å²) in [5.74, 6) is 0.773. The zero-order valence-electron chi connectivity index (χ0n) is 8.98. The minimum Gasteiger partial charge on any atom is -0.489 e. The molecule has 4 nitrogen and oxygen atoms in total. The van der Waals surface area contributed by atoms with Gasteiger partial charge in [0.05, 0.1) is 0 Å². The van der Waals surface area contributed by atoms with E-state index in [1.54, 1.807) is 6.08 Å². The molecule has 1 rings (SSSR count). The van der Waals surface area contributed by atoms with Crippen LogP contribution in [-0.2, 0) is 6.42 Å². The van der Waals surface area contributed by atoms with E-state index in [2.05, 4.69) is 11.9 Å². The number of hydrogen-bond acceptors (Lipinski definition) is 2. The monoisotopic (exact) mass is 221 g/mol. The number of rotatable bonds is 6. The van der Waals surface area contributed by atoms with Crippen LogP contribution < -0.4 is 10.1 Å². The molecule has 0 fully saturated rings. The van der Waals surface area contributed by atoms with Gasteiger partial charge in [-0.2, -0.15) is 0 Å². The van der Waals surface area contributed by atoms with Gasteiger partial charge in [-0.15, -0.1) is 0 Å². The minimum absolute atomic E-state index is 0.379. The van der Waals surface area contributed by atoms with Crippen molar-refractivity contribution in [3.05, 3.63) is 42.5 Å². The van der Waals surface area contributed by atoms with E-state index in [0.29, 0.717) is 19.6 Å². The van der Waals surface area contributed by atoms with Gasteiger partial charge in [0.2, 0.25) is 0 Å². The van der Waals surface area contributed by atoms with Crippen LogP contribution in [0, 0.1) is 0 Å². The molecule has 0 aliphatic carbocycles. The van der Waals surface area contributed by atoms with E-state index in [-0.39, 0.29) is 0 Å². The molecule has 1 aromatic carbocycles. The Morgan fingerprint density at radius 2 is 2.25 bits per heavy atom. The average Bonchev–Trinajstić information content (AvgIpc) is 2.27. The summed E-state index contributed by atoms with van der Waals surface area (Å²) >= 11 is 0. The maximum atomic E-state index is 10.3. The van der Waals surface area contributed by atoms with E-state index in [9.17, 15) is 4.79 Å². The van der Waals surface area contributed by atoms with Crippen LogP contribution in [0.25, 0.3) is 0 Å². The predicted octanol–water partition coefficient (Wildman–Crippen LogP) is 2.06. The van der Waals surface area contributed by atoms with Crippen molar-refractivity contribution in [2.24, 2.45) is 0 Å². The van der Waals surface area contributed by atoms with Crippen LogP contribution in [0.2, 0.25) is 0 Å². The summed E-state index contributed by atoms with van der Waals surface area (Å²) in [7, 11) is 0. The Kier molecular flexibility index (Phi) is 4.92. The summed E-state index contributed by atoms with van der Waals surface area (Å²) in [6.07, 6.45) is 1.27. The lowest BCUT2D eigenvalue weighted by molar-refractivity contribution is 0.194. The molecule has 0 aliphatic rings. The molecule has 0 saturated carbocycles. The molecule has 0 saturated heterocycles. The van der Waals surface area contributed by atoms with Gasteiger partial charge in [0, 0.05) is 6.54 Å². The number of benzene rings is 1. The van der Waals surface area contributed by atoms with Crippen molar-refractivity contribution in [1.82, 2.24) is 5.32 Å². The normalized spacial score (nSPS) is 9.50. The Labute approximate surface area is 94.6 Å². The van der Waals surface area contributed by atoms with E-state index < -0.39 is 6.09 Å². The quantitative estimate of drug-likeness (QED) is 0.723. The first-order valence-electron chi connectivity index (χ1n) is 5.02. The molecule has 0 aliphatic heterocycles. The first-order valence-corrected chi connectivity index (χ1v) is 5.02. The molecule has 0 radical (unpaired) electrons. The Bertz CT molecular complexity index is 363. The molecular weight excluding hydrogens is 206 g/mol. The SMILES string of the molecule is C=CCOc1ccccc1CCNC(=O)O. The average molecular weight is 221 g/mol. The molecule has 1 aromatic rings. The van der Waals surface area contributed by atoms with Gasteiger partial charge in [0.1, 0.15) is 12.4 Å². The second kappa shape index (κ2) is 6.50. The Morgan fingerprint density at radius 3 is 2.94 bits per heavy atom. The first kappa shape index (κ1) is 12.1. The molecule has 0 atom stereocenters. The second-order valence-corrected chi connectivity index (χ2v) is 3.19. The third-order valence-electron chi connectivity index (χ3n) is 2.00. The zero-order chi connectivity index (χ0) is 11.8. The van der Waals surface area contributed by atoms with Crippen LogP contribution in [0.1, 0.15) is 5.56 Å². The van der Waals surface area contributed by atoms with Crippen LogP contribution in [0.4, 0.5) is 4.79 Å². The molecule has 2 N–H and O–H groups in total. The fourth-order valence-corrected chi connectivity index (χ4v) is 1.30. The van der Waals surface area contributed by atoms with Gasteiger partial charge in [0.25, 0.3) is 0 Å². The van der Waals surface area contributed by atoms with Gasteiger partial charge >= 0.3 is 6.09 Å². The van der Waals surface area contributed by atoms with Gasteiger partial charge in [-0.1, -0.05) is 30.9 Å². The number of hydrogen-bond donors (Lipinski definition) is 2. The number of carboxylic acid groups (broad SMARTS) is 1. The van der Waals surface area contributed by atoms with Crippen molar-refractivity contribution in [3.63, 3.8) is 0 Å². The molecule has 1 amide bonds. The van der Waals surface area contributed by atoms with Gasteiger partial charge in [-0.25, -0.2) is 4.79 Å². The molecule has 0 heterocycles. The second-order valence-electron chi connectivity index (χ2n) is 3.19. The van der Waals surface area contributed by atoms with Crippen molar-refractivity contribution in [3.8, 4) is 5.75 Å². The van der Waals surface area contributed by atoms with Crippen molar-refractivity contribution < 1.29 is 14.6 Å². The highest BCUT2D eigenvalue weighted by Crippen LogP contribution is 2.18. The topological polar surface area (TPSA) is 58.6 Å². The smallest absolute Gasteiger partial charge is 0.404 e. The highest BCUT2D eigenvalue weighted by Gasteiger charge is 2.02. The Balaban J connectivity index is 2.56. The maximum Gasteiger partial charge on any atom is 0.404 e. The Morgan fingerprint density at radius 1 is 1.50 bits per heavy atom. The first-order chi connectivity index (χ1) is 7.74. The van der Waals surface area contributed by atoms with Crippen LogP contribution in [0.15, 0.2) is 36.9 Å². The van der Waals surface area contributed by atoms with Crippen molar-refractivity contribution in [2.45, 2.75) is 6.42 Å². The molecule has 0 bridgehead atoms. The highest BCUT2D eigenvalue weighted by atomic mass is 16.5. The summed E-state index contributed by atoms with van der Waals surface area (Å²) in [4.78, 5) is 10.3. The minimum atomic E-state index is -1.01. The standard InChI is InChI=1S/C12H15NO3/c1-2-9-16-11-6-4-3-5-10(11)7-8-13-12(14)15/h2-6,13H,1,7-9H2,(H,14,15). The number of amides is 1. The number of carbonyl (C=O) groups is 1. The lowest BCUT2D eigenvalue weighted by Crippen LogP contribution is -2.23. The van der Waals surface area contributed by atoms with Gasteiger partial charge in [-0.05, 0) is 18.1 Å². The van der Waals surface area contributed by atoms with Crippen LogP contribution in [0.3, 0.4) is 0 Å². The Hall–Kier alpha value is -1.97. The van der Waals surface area contributed by atoms with Gasteiger partial charge < -0.3 is 15.2 Å². The van der Waals surface area contributed by atoms with Crippen LogP contribution >= 0.6 is 0 Å². The van der Waals surface area contributed by atoms with E-state index in [0.717, 1.165) is 11.3 Å². The number of nitrogens with one attached hydrogen (secondary N) is 1. The lowest BCUT2D eigenvalue weighted by atomic mass is 10.1.